The van der Waals surface area contributed by atoms with Crippen molar-refractivity contribution < 1.29 is 14.3 Å². The van der Waals surface area contributed by atoms with Gasteiger partial charge in [-0.2, -0.15) is 0 Å². The van der Waals surface area contributed by atoms with Crippen LogP contribution in [-0.4, -0.2) is 16.8 Å². The van der Waals surface area contributed by atoms with Crippen LogP contribution in [0.3, 0.4) is 0 Å². The number of aliphatic carboxylic acids is 1. The van der Waals surface area contributed by atoms with Crippen LogP contribution in [0, 0.1) is 5.82 Å². The van der Waals surface area contributed by atoms with Gasteiger partial charge in [-0.15, -0.1) is 11.8 Å². The molecule has 0 unspecified atom stereocenters. The van der Waals surface area contributed by atoms with Gasteiger partial charge in [0.2, 0.25) is 0 Å². The highest BCUT2D eigenvalue weighted by Crippen LogP contribution is 2.25. The third-order valence-corrected chi connectivity index (χ3v) is 2.98. The van der Waals surface area contributed by atoms with Crippen LogP contribution in [0.2, 0.25) is 5.02 Å². The zero-order valence-electron chi connectivity index (χ0n) is 7.67. The van der Waals surface area contributed by atoms with E-state index in [4.69, 9.17) is 16.7 Å². The van der Waals surface area contributed by atoms with Gasteiger partial charge in [0.1, 0.15) is 5.82 Å². The first-order valence-corrected chi connectivity index (χ1v) is 5.36. The Morgan fingerprint density at radius 2 is 2.27 bits per heavy atom. The molecule has 2 nitrogen and oxygen atoms in total. The second-order valence-electron chi connectivity index (χ2n) is 2.77. The third-order valence-electron chi connectivity index (χ3n) is 1.61. The quantitative estimate of drug-likeness (QED) is 0.655. The fraction of sp³-hybridized carbons (Fsp3) is 0.100. The molecular weight excluding hydrogens is 239 g/mol. The van der Waals surface area contributed by atoms with Gasteiger partial charge < -0.3 is 5.11 Å². The summed E-state index contributed by atoms with van der Waals surface area (Å²) in [6.45, 7) is 3.38. The van der Waals surface area contributed by atoms with Crippen molar-refractivity contribution in [3.63, 3.8) is 0 Å². The molecular formula is C10H8ClFO2S. The maximum atomic E-state index is 12.8. The van der Waals surface area contributed by atoms with Crippen molar-refractivity contribution in [2.45, 2.75) is 4.90 Å². The van der Waals surface area contributed by atoms with Crippen molar-refractivity contribution in [3.05, 3.63) is 41.2 Å². The summed E-state index contributed by atoms with van der Waals surface area (Å²) >= 11 is 6.81. The minimum atomic E-state index is -1.03. The molecule has 0 radical (unpaired) electrons. The lowest BCUT2D eigenvalue weighted by molar-refractivity contribution is -0.132. The summed E-state index contributed by atoms with van der Waals surface area (Å²) in [6.07, 6.45) is 0. The van der Waals surface area contributed by atoms with Crippen LogP contribution in [0.5, 0.6) is 0 Å². The molecule has 0 fully saturated rings. The average Bonchev–Trinajstić information content (AvgIpc) is 2.19. The third kappa shape index (κ3) is 3.57. The summed E-state index contributed by atoms with van der Waals surface area (Å²) in [4.78, 5) is 11.2. The molecule has 1 N–H and O–H groups in total. The van der Waals surface area contributed by atoms with Gasteiger partial charge in [0.15, 0.2) is 0 Å². The highest BCUT2D eigenvalue weighted by Gasteiger charge is 2.06. The number of rotatable bonds is 4. The minimum absolute atomic E-state index is 0.0286. The Hall–Kier alpha value is -1.00. The maximum Gasteiger partial charge on any atom is 0.331 e. The number of benzene rings is 1. The first kappa shape index (κ1) is 12.1. The van der Waals surface area contributed by atoms with E-state index in [2.05, 4.69) is 6.58 Å². The fourth-order valence-electron chi connectivity index (χ4n) is 0.799. The molecule has 5 heteroatoms. The zero-order chi connectivity index (χ0) is 11.4. The van der Waals surface area contributed by atoms with E-state index in [1.165, 1.54) is 23.9 Å². The molecule has 0 spiro atoms. The lowest BCUT2D eigenvalue weighted by Gasteiger charge is -2.02. The average molecular weight is 247 g/mol. The van der Waals surface area contributed by atoms with Gasteiger partial charge >= 0.3 is 5.97 Å². The zero-order valence-corrected chi connectivity index (χ0v) is 9.24. The molecule has 0 bridgehead atoms. The van der Waals surface area contributed by atoms with Gasteiger partial charge in [0.05, 0.1) is 5.02 Å². The van der Waals surface area contributed by atoms with E-state index in [-0.39, 0.29) is 16.3 Å². The Morgan fingerprint density at radius 3 is 2.80 bits per heavy atom. The van der Waals surface area contributed by atoms with Gasteiger partial charge in [-0.05, 0) is 18.2 Å². The summed E-state index contributed by atoms with van der Waals surface area (Å²) in [5, 5.41) is 8.59. The molecule has 0 amide bonds. The maximum absolute atomic E-state index is 12.8. The number of thioether (sulfide) groups is 1. The van der Waals surface area contributed by atoms with E-state index < -0.39 is 11.8 Å². The van der Waals surface area contributed by atoms with E-state index in [9.17, 15) is 9.18 Å². The van der Waals surface area contributed by atoms with Gasteiger partial charge in [0.25, 0.3) is 0 Å². The van der Waals surface area contributed by atoms with Crippen LogP contribution in [-0.2, 0) is 4.79 Å². The van der Waals surface area contributed by atoms with Gasteiger partial charge in [0, 0.05) is 16.2 Å². The van der Waals surface area contributed by atoms with E-state index >= 15 is 0 Å². The van der Waals surface area contributed by atoms with Crippen LogP contribution in [0.4, 0.5) is 4.39 Å². The molecule has 80 valence electrons. The molecule has 0 saturated carbocycles. The van der Waals surface area contributed by atoms with Gasteiger partial charge in [-0.3, -0.25) is 0 Å². The lowest BCUT2D eigenvalue weighted by Crippen LogP contribution is -2.00. The number of hydrogen-bond acceptors (Lipinski definition) is 2. The predicted octanol–water partition coefficient (Wildman–Crippen LogP) is 3.21. The Kier molecular flexibility index (Phi) is 4.17. The second-order valence-corrected chi connectivity index (χ2v) is 4.23. The van der Waals surface area contributed by atoms with Crippen molar-refractivity contribution in [2.24, 2.45) is 0 Å². The van der Waals surface area contributed by atoms with Crippen molar-refractivity contribution in [3.8, 4) is 0 Å². The molecule has 1 rings (SSSR count). The predicted molar refractivity (Wildman–Crippen MR) is 58.9 cm³/mol. The standard InChI is InChI=1S/C10H8ClFO2S/c1-6(10(13)14)5-15-7-2-3-9(12)8(11)4-7/h2-4H,1,5H2,(H,13,14). The smallest absolute Gasteiger partial charge is 0.331 e. The Morgan fingerprint density at radius 1 is 1.60 bits per heavy atom. The molecule has 0 atom stereocenters. The van der Waals surface area contributed by atoms with Crippen molar-refractivity contribution in [2.75, 3.05) is 5.75 Å². The van der Waals surface area contributed by atoms with Crippen LogP contribution >= 0.6 is 23.4 Å². The molecule has 0 aliphatic rings. The van der Waals surface area contributed by atoms with E-state index in [1.54, 1.807) is 6.07 Å². The van der Waals surface area contributed by atoms with Crippen LogP contribution in [0.25, 0.3) is 0 Å². The van der Waals surface area contributed by atoms with Crippen molar-refractivity contribution >= 4 is 29.3 Å². The normalized spacial score (nSPS) is 10.0. The summed E-state index contributed by atoms with van der Waals surface area (Å²) in [5.41, 5.74) is 0.0976. The van der Waals surface area contributed by atoms with Crippen LogP contribution < -0.4 is 0 Å². The van der Waals surface area contributed by atoms with E-state index in [0.717, 1.165) is 0 Å². The lowest BCUT2D eigenvalue weighted by atomic mass is 10.3. The van der Waals surface area contributed by atoms with Gasteiger partial charge in [-0.25, -0.2) is 9.18 Å². The number of carboxylic acids is 1. The van der Waals surface area contributed by atoms with Crippen LogP contribution in [0.15, 0.2) is 35.2 Å². The summed E-state index contributed by atoms with van der Waals surface area (Å²) in [6, 6.07) is 4.24. The summed E-state index contributed by atoms with van der Waals surface area (Å²) in [5.74, 6) is -1.27. The van der Waals surface area contributed by atoms with Crippen molar-refractivity contribution in [1.82, 2.24) is 0 Å². The minimum Gasteiger partial charge on any atom is -0.478 e. The van der Waals surface area contributed by atoms with Crippen molar-refractivity contribution in [1.29, 1.82) is 0 Å². The molecule has 1 aromatic carbocycles. The Labute approximate surface area is 95.7 Å². The second kappa shape index (κ2) is 5.19. The Balaban J connectivity index is 2.62. The number of hydrogen-bond donors (Lipinski definition) is 1. The number of halogens is 2. The van der Waals surface area contributed by atoms with E-state index in [1.807, 2.05) is 0 Å². The number of carboxylic acid groups (broad SMARTS) is 1. The number of carbonyl (C=O) groups is 1. The first-order chi connectivity index (χ1) is 7.00. The molecule has 0 aromatic heterocycles. The van der Waals surface area contributed by atoms with E-state index in [0.29, 0.717) is 4.90 Å². The largest absolute Gasteiger partial charge is 0.478 e. The first-order valence-electron chi connectivity index (χ1n) is 3.99. The SMILES string of the molecule is C=C(CSc1ccc(F)c(Cl)c1)C(=O)O. The molecule has 1 aromatic rings. The molecule has 0 aliphatic heterocycles. The molecule has 0 aliphatic carbocycles. The fourth-order valence-corrected chi connectivity index (χ4v) is 1.87. The highest BCUT2D eigenvalue weighted by molar-refractivity contribution is 7.99. The topological polar surface area (TPSA) is 37.3 Å². The monoisotopic (exact) mass is 246 g/mol. The Bertz CT molecular complexity index is 406. The molecule has 15 heavy (non-hydrogen) atoms. The molecule has 0 saturated heterocycles. The summed E-state index contributed by atoms with van der Waals surface area (Å²) in [7, 11) is 0. The van der Waals surface area contributed by atoms with Gasteiger partial charge in [-0.1, -0.05) is 18.2 Å². The van der Waals surface area contributed by atoms with Crippen LogP contribution in [0.1, 0.15) is 0 Å². The molecule has 0 heterocycles. The highest BCUT2D eigenvalue weighted by atomic mass is 35.5. The summed E-state index contributed by atoms with van der Waals surface area (Å²) < 4.78 is 12.8.